The van der Waals surface area contributed by atoms with Crippen LogP contribution in [0.3, 0.4) is 0 Å². The molecule has 1 amide bonds. The van der Waals surface area contributed by atoms with Crippen molar-refractivity contribution in [1.29, 1.82) is 0 Å². The Morgan fingerprint density at radius 1 is 1.17 bits per heavy atom. The van der Waals surface area contributed by atoms with E-state index in [1.807, 2.05) is 56.3 Å². The van der Waals surface area contributed by atoms with Crippen LogP contribution in [0.5, 0.6) is 11.5 Å². The Kier molecular flexibility index (Phi) is 6.21. The fraction of sp³-hybridized carbons (Fsp3) is 0.316. The van der Waals surface area contributed by atoms with E-state index in [0.717, 1.165) is 16.7 Å². The molecule has 2 aromatic carbocycles. The smallest absolute Gasteiger partial charge is 0.241 e. The third-order valence-electron chi connectivity index (χ3n) is 3.71. The van der Waals surface area contributed by atoms with E-state index in [1.165, 1.54) is 0 Å². The second-order valence-electron chi connectivity index (χ2n) is 5.52. The predicted octanol–water partition coefficient (Wildman–Crippen LogP) is 2.72. The minimum Gasteiger partial charge on any atom is -0.493 e. The first-order valence-electron chi connectivity index (χ1n) is 7.94. The molecule has 0 aliphatic rings. The summed E-state index contributed by atoms with van der Waals surface area (Å²) in [5.41, 5.74) is 8.86. The molecule has 3 N–H and O–H groups in total. The molecule has 0 spiro atoms. The molecule has 0 fully saturated rings. The van der Waals surface area contributed by atoms with Gasteiger partial charge in [-0.25, -0.2) is 0 Å². The van der Waals surface area contributed by atoms with Gasteiger partial charge in [0.1, 0.15) is 6.04 Å². The van der Waals surface area contributed by atoms with Gasteiger partial charge in [0, 0.05) is 6.54 Å². The third-order valence-corrected chi connectivity index (χ3v) is 3.71. The zero-order valence-corrected chi connectivity index (χ0v) is 14.3. The molecule has 0 aromatic heterocycles. The van der Waals surface area contributed by atoms with Gasteiger partial charge in [-0.2, -0.15) is 0 Å². The van der Waals surface area contributed by atoms with Gasteiger partial charge in [0.05, 0.1) is 13.7 Å². The van der Waals surface area contributed by atoms with Gasteiger partial charge in [0.15, 0.2) is 11.5 Å². The van der Waals surface area contributed by atoms with Crippen molar-refractivity contribution in [2.75, 3.05) is 13.7 Å². The molecule has 1 atom stereocenters. The summed E-state index contributed by atoms with van der Waals surface area (Å²) >= 11 is 0. The number of nitrogens with two attached hydrogens (primary N) is 1. The number of ether oxygens (including phenoxy) is 2. The lowest BCUT2D eigenvalue weighted by Gasteiger charge is -2.14. The van der Waals surface area contributed by atoms with E-state index in [9.17, 15) is 4.79 Å². The summed E-state index contributed by atoms with van der Waals surface area (Å²) in [4.78, 5) is 12.2. The first-order valence-corrected chi connectivity index (χ1v) is 7.94. The van der Waals surface area contributed by atoms with E-state index in [0.29, 0.717) is 24.7 Å². The molecular formula is C19H24N2O3. The van der Waals surface area contributed by atoms with Gasteiger partial charge in [-0.1, -0.05) is 35.9 Å². The van der Waals surface area contributed by atoms with Gasteiger partial charge in [0.25, 0.3) is 0 Å². The molecule has 0 saturated carbocycles. The number of carbonyl (C=O) groups is 1. The van der Waals surface area contributed by atoms with Crippen molar-refractivity contribution >= 4 is 5.91 Å². The van der Waals surface area contributed by atoms with Gasteiger partial charge in [-0.15, -0.1) is 0 Å². The molecule has 1 unspecified atom stereocenters. The molecule has 2 aromatic rings. The maximum atomic E-state index is 12.2. The maximum absolute atomic E-state index is 12.2. The molecule has 0 aliphatic carbocycles. The largest absolute Gasteiger partial charge is 0.493 e. The molecule has 0 aliphatic heterocycles. The van der Waals surface area contributed by atoms with Crippen LogP contribution in [-0.2, 0) is 11.3 Å². The van der Waals surface area contributed by atoms with Crippen LogP contribution in [0, 0.1) is 6.92 Å². The van der Waals surface area contributed by atoms with E-state index in [4.69, 9.17) is 15.2 Å². The topological polar surface area (TPSA) is 73.6 Å². The Morgan fingerprint density at radius 3 is 2.50 bits per heavy atom. The van der Waals surface area contributed by atoms with Crippen LogP contribution < -0.4 is 20.5 Å². The van der Waals surface area contributed by atoms with Crippen molar-refractivity contribution in [3.63, 3.8) is 0 Å². The van der Waals surface area contributed by atoms with Gasteiger partial charge >= 0.3 is 0 Å². The van der Waals surface area contributed by atoms with Crippen LogP contribution in [0.1, 0.15) is 29.7 Å². The average molecular weight is 328 g/mol. The van der Waals surface area contributed by atoms with E-state index < -0.39 is 6.04 Å². The lowest BCUT2D eigenvalue weighted by molar-refractivity contribution is -0.122. The van der Waals surface area contributed by atoms with Crippen LogP contribution >= 0.6 is 0 Å². The number of benzene rings is 2. The van der Waals surface area contributed by atoms with Crippen LogP contribution in [0.15, 0.2) is 42.5 Å². The Balaban J connectivity index is 1.99. The zero-order chi connectivity index (χ0) is 17.5. The Bertz CT molecular complexity index is 684. The summed E-state index contributed by atoms with van der Waals surface area (Å²) in [5, 5.41) is 2.85. The van der Waals surface area contributed by atoms with Gasteiger partial charge < -0.3 is 20.5 Å². The normalized spacial score (nSPS) is 11.7. The van der Waals surface area contributed by atoms with Gasteiger partial charge in [-0.3, -0.25) is 4.79 Å². The Labute approximate surface area is 142 Å². The highest BCUT2D eigenvalue weighted by atomic mass is 16.5. The van der Waals surface area contributed by atoms with Crippen molar-refractivity contribution in [2.24, 2.45) is 5.73 Å². The van der Waals surface area contributed by atoms with Gasteiger partial charge in [-0.05, 0) is 37.1 Å². The highest BCUT2D eigenvalue weighted by molar-refractivity contribution is 5.82. The number of hydrogen-bond acceptors (Lipinski definition) is 4. The fourth-order valence-corrected chi connectivity index (χ4v) is 2.32. The summed E-state index contributed by atoms with van der Waals surface area (Å²) in [7, 11) is 1.59. The quantitative estimate of drug-likeness (QED) is 0.819. The van der Waals surface area contributed by atoms with E-state index in [1.54, 1.807) is 7.11 Å². The van der Waals surface area contributed by atoms with Crippen molar-refractivity contribution in [3.05, 3.63) is 59.2 Å². The number of hydrogen-bond donors (Lipinski definition) is 2. The molecular weight excluding hydrogens is 304 g/mol. The number of aryl methyl sites for hydroxylation is 1. The zero-order valence-electron chi connectivity index (χ0n) is 14.3. The van der Waals surface area contributed by atoms with Gasteiger partial charge in [0.2, 0.25) is 5.91 Å². The van der Waals surface area contributed by atoms with Crippen LogP contribution in [-0.4, -0.2) is 19.6 Å². The fourth-order valence-electron chi connectivity index (χ4n) is 2.32. The number of carbonyl (C=O) groups excluding carboxylic acids is 1. The molecule has 0 radical (unpaired) electrons. The van der Waals surface area contributed by atoms with Crippen LogP contribution in [0.4, 0.5) is 0 Å². The standard InChI is InChI=1S/C19H24N2O3/c1-4-24-16-10-7-14(11-17(16)23-3)12-21-19(22)18(20)15-8-5-13(2)6-9-15/h5-11,18H,4,12,20H2,1-3H3,(H,21,22). The predicted molar refractivity (Wildman–Crippen MR) is 94.1 cm³/mol. The summed E-state index contributed by atoms with van der Waals surface area (Å²) in [6.45, 7) is 4.85. The average Bonchev–Trinajstić information content (AvgIpc) is 2.60. The minimum atomic E-state index is -0.685. The highest BCUT2D eigenvalue weighted by Gasteiger charge is 2.15. The summed E-state index contributed by atoms with van der Waals surface area (Å²) < 4.78 is 10.8. The third kappa shape index (κ3) is 4.49. The van der Waals surface area contributed by atoms with Crippen molar-refractivity contribution in [3.8, 4) is 11.5 Å². The number of amides is 1. The molecule has 128 valence electrons. The van der Waals surface area contributed by atoms with E-state index >= 15 is 0 Å². The monoisotopic (exact) mass is 328 g/mol. The number of methoxy groups -OCH3 is 1. The Morgan fingerprint density at radius 2 is 1.88 bits per heavy atom. The van der Waals surface area contributed by atoms with E-state index in [-0.39, 0.29) is 5.91 Å². The first kappa shape index (κ1) is 17.8. The van der Waals surface area contributed by atoms with Crippen LogP contribution in [0.2, 0.25) is 0 Å². The number of rotatable bonds is 7. The molecule has 0 saturated heterocycles. The second kappa shape index (κ2) is 8.36. The molecule has 5 nitrogen and oxygen atoms in total. The minimum absolute atomic E-state index is 0.216. The molecule has 5 heteroatoms. The van der Waals surface area contributed by atoms with E-state index in [2.05, 4.69) is 5.32 Å². The van der Waals surface area contributed by atoms with Crippen LogP contribution in [0.25, 0.3) is 0 Å². The lowest BCUT2D eigenvalue weighted by Crippen LogP contribution is -2.33. The van der Waals surface area contributed by atoms with Crippen molar-refractivity contribution in [1.82, 2.24) is 5.32 Å². The molecule has 0 bridgehead atoms. The Hall–Kier alpha value is -2.53. The summed E-state index contributed by atoms with van der Waals surface area (Å²) in [6, 6.07) is 12.5. The highest BCUT2D eigenvalue weighted by Crippen LogP contribution is 2.28. The lowest BCUT2D eigenvalue weighted by atomic mass is 10.1. The number of nitrogens with one attached hydrogen (secondary N) is 1. The molecule has 0 heterocycles. The molecule has 2 rings (SSSR count). The second-order valence-corrected chi connectivity index (χ2v) is 5.52. The summed E-state index contributed by atoms with van der Waals surface area (Å²) in [5.74, 6) is 1.12. The molecule has 24 heavy (non-hydrogen) atoms. The van der Waals surface area contributed by atoms with Crippen molar-refractivity contribution < 1.29 is 14.3 Å². The SMILES string of the molecule is CCOc1ccc(CNC(=O)C(N)c2ccc(C)cc2)cc1OC. The maximum Gasteiger partial charge on any atom is 0.241 e. The first-order chi connectivity index (χ1) is 11.5. The summed E-state index contributed by atoms with van der Waals surface area (Å²) in [6.07, 6.45) is 0. The van der Waals surface area contributed by atoms with Crippen molar-refractivity contribution in [2.45, 2.75) is 26.4 Å².